The minimum Gasteiger partial charge on any atom is -0.493 e. The minimum absolute atomic E-state index is 0.0628. The molecule has 0 heterocycles. The molecule has 0 bridgehead atoms. The first-order valence-corrected chi connectivity index (χ1v) is 6.84. The van der Waals surface area contributed by atoms with E-state index in [9.17, 15) is 27.6 Å². The summed E-state index contributed by atoms with van der Waals surface area (Å²) in [6.45, 7) is 0. The van der Waals surface area contributed by atoms with Crippen LogP contribution in [0, 0.1) is 0 Å². The van der Waals surface area contributed by atoms with Gasteiger partial charge in [-0.2, -0.15) is 13.2 Å². The Morgan fingerprint density at radius 1 is 1.08 bits per heavy atom. The van der Waals surface area contributed by atoms with Crippen LogP contribution in [0.5, 0.6) is 11.5 Å². The van der Waals surface area contributed by atoms with Gasteiger partial charge in [-0.15, -0.1) is 0 Å². The topological polar surface area (TPSA) is 90.9 Å². The molecule has 0 radical (unpaired) electrons. The molecule has 1 aromatic rings. The van der Waals surface area contributed by atoms with Crippen LogP contribution in [0.25, 0.3) is 0 Å². The summed E-state index contributed by atoms with van der Waals surface area (Å²) >= 11 is 0. The Kier molecular flexibility index (Phi) is 6.77. The summed E-state index contributed by atoms with van der Waals surface area (Å²) in [5.41, 5.74) is 0.0628. The molecule has 0 fully saturated rings. The second kappa shape index (κ2) is 8.36. The lowest BCUT2D eigenvalue weighted by Crippen LogP contribution is -2.48. The Hall–Kier alpha value is -2.78. The molecule has 0 saturated carbocycles. The molecule has 138 valence electrons. The van der Waals surface area contributed by atoms with Gasteiger partial charge in [-0.05, 0) is 18.2 Å². The lowest BCUT2D eigenvalue weighted by molar-refractivity contribution is -0.175. The van der Waals surface area contributed by atoms with Crippen LogP contribution in [0.2, 0.25) is 0 Å². The van der Waals surface area contributed by atoms with Crippen LogP contribution in [0.1, 0.15) is 16.8 Å². The SMILES string of the molecule is COC(=O)[C@@H](CC(=O)c1ccc(OC)c(OC)c1)NC(=O)C(F)(F)F. The zero-order chi connectivity index (χ0) is 19.2. The molecule has 25 heavy (non-hydrogen) atoms. The average Bonchev–Trinajstić information content (AvgIpc) is 2.58. The van der Waals surface area contributed by atoms with Crippen molar-refractivity contribution in [3.8, 4) is 11.5 Å². The van der Waals surface area contributed by atoms with E-state index in [0.29, 0.717) is 5.75 Å². The van der Waals surface area contributed by atoms with Crippen molar-refractivity contribution in [1.29, 1.82) is 0 Å². The van der Waals surface area contributed by atoms with Crippen molar-refractivity contribution in [1.82, 2.24) is 5.32 Å². The highest BCUT2D eigenvalue weighted by Crippen LogP contribution is 2.28. The van der Waals surface area contributed by atoms with Crippen molar-refractivity contribution in [3.63, 3.8) is 0 Å². The third-order valence-electron chi connectivity index (χ3n) is 3.14. The maximum atomic E-state index is 12.3. The molecule has 1 N–H and O–H groups in total. The summed E-state index contributed by atoms with van der Waals surface area (Å²) in [7, 11) is 3.65. The molecule has 0 aromatic heterocycles. The number of alkyl halides is 3. The number of carbonyl (C=O) groups excluding carboxylic acids is 3. The van der Waals surface area contributed by atoms with E-state index >= 15 is 0 Å². The number of amides is 1. The van der Waals surface area contributed by atoms with Gasteiger partial charge in [-0.3, -0.25) is 9.59 Å². The number of ether oxygens (including phenoxy) is 3. The van der Waals surface area contributed by atoms with Crippen LogP contribution in [0.15, 0.2) is 18.2 Å². The Balaban J connectivity index is 2.99. The lowest BCUT2D eigenvalue weighted by Gasteiger charge is -2.17. The number of nitrogens with one attached hydrogen (secondary N) is 1. The molecule has 0 aliphatic rings. The van der Waals surface area contributed by atoms with Crippen molar-refractivity contribution in [3.05, 3.63) is 23.8 Å². The molecule has 1 atom stereocenters. The Labute approximate surface area is 141 Å². The van der Waals surface area contributed by atoms with Crippen LogP contribution < -0.4 is 14.8 Å². The molecule has 0 unspecified atom stereocenters. The molecular weight excluding hydrogens is 347 g/mol. The van der Waals surface area contributed by atoms with Gasteiger partial charge in [-0.1, -0.05) is 0 Å². The average molecular weight is 363 g/mol. The van der Waals surface area contributed by atoms with E-state index in [1.165, 1.54) is 37.7 Å². The highest BCUT2D eigenvalue weighted by Gasteiger charge is 2.41. The van der Waals surface area contributed by atoms with E-state index < -0.39 is 36.3 Å². The number of Topliss-reactive ketones (excluding diaryl/α,β-unsaturated/α-hetero) is 1. The third kappa shape index (κ3) is 5.37. The molecular formula is C15H16F3NO6. The smallest absolute Gasteiger partial charge is 0.471 e. The van der Waals surface area contributed by atoms with E-state index in [1.54, 1.807) is 0 Å². The Morgan fingerprint density at radius 2 is 1.68 bits per heavy atom. The number of benzene rings is 1. The van der Waals surface area contributed by atoms with Crippen LogP contribution in [0.4, 0.5) is 13.2 Å². The highest BCUT2D eigenvalue weighted by atomic mass is 19.4. The normalized spacial score (nSPS) is 12.1. The summed E-state index contributed by atoms with van der Waals surface area (Å²) in [6, 6.07) is 2.30. The number of hydrogen-bond acceptors (Lipinski definition) is 6. The predicted octanol–water partition coefficient (Wildman–Crippen LogP) is 1.50. The van der Waals surface area contributed by atoms with Gasteiger partial charge in [0.2, 0.25) is 0 Å². The van der Waals surface area contributed by atoms with Crippen LogP contribution >= 0.6 is 0 Å². The molecule has 7 nitrogen and oxygen atoms in total. The zero-order valence-electron chi connectivity index (χ0n) is 13.6. The summed E-state index contributed by atoms with van der Waals surface area (Å²) < 4.78 is 51.4. The molecule has 0 aliphatic carbocycles. The summed E-state index contributed by atoms with van der Waals surface area (Å²) in [5, 5.41) is 1.44. The van der Waals surface area contributed by atoms with Crippen molar-refractivity contribution >= 4 is 17.7 Å². The number of hydrogen-bond donors (Lipinski definition) is 1. The number of methoxy groups -OCH3 is 3. The second-order valence-corrected chi connectivity index (χ2v) is 4.74. The molecule has 0 saturated heterocycles. The van der Waals surface area contributed by atoms with E-state index in [0.717, 1.165) is 7.11 Å². The fourth-order valence-corrected chi connectivity index (χ4v) is 1.89. The van der Waals surface area contributed by atoms with E-state index in [1.807, 2.05) is 0 Å². The van der Waals surface area contributed by atoms with Gasteiger partial charge < -0.3 is 19.5 Å². The summed E-state index contributed by atoms with van der Waals surface area (Å²) in [6.07, 6.45) is -5.91. The third-order valence-corrected chi connectivity index (χ3v) is 3.14. The number of ketones is 1. The van der Waals surface area contributed by atoms with Crippen LogP contribution in [-0.2, 0) is 14.3 Å². The van der Waals surface area contributed by atoms with Gasteiger partial charge in [0.05, 0.1) is 21.3 Å². The number of esters is 1. The largest absolute Gasteiger partial charge is 0.493 e. The van der Waals surface area contributed by atoms with E-state index in [-0.39, 0.29) is 11.3 Å². The minimum atomic E-state index is -5.20. The first-order valence-electron chi connectivity index (χ1n) is 6.84. The van der Waals surface area contributed by atoms with Crippen molar-refractivity contribution in [2.75, 3.05) is 21.3 Å². The fraction of sp³-hybridized carbons (Fsp3) is 0.400. The summed E-state index contributed by atoms with van der Waals surface area (Å²) in [5.74, 6) is -3.65. The molecule has 1 amide bonds. The van der Waals surface area contributed by atoms with Gasteiger partial charge in [0, 0.05) is 12.0 Å². The molecule has 1 rings (SSSR count). The van der Waals surface area contributed by atoms with E-state index in [2.05, 4.69) is 4.74 Å². The standard InChI is InChI=1S/C15H16F3NO6/c1-23-11-5-4-8(6-12(11)24-2)10(20)7-9(13(21)25-3)19-14(22)15(16,17)18/h4-6,9H,7H2,1-3H3,(H,19,22)/t9-/m1/s1. The van der Waals surface area contributed by atoms with Crippen molar-refractivity contribution < 1.29 is 41.8 Å². The predicted molar refractivity (Wildman–Crippen MR) is 78.5 cm³/mol. The van der Waals surface area contributed by atoms with Gasteiger partial charge in [0.15, 0.2) is 17.3 Å². The maximum Gasteiger partial charge on any atom is 0.471 e. The maximum absolute atomic E-state index is 12.3. The first kappa shape index (κ1) is 20.3. The van der Waals surface area contributed by atoms with Gasteiger partial charge in [0.25, 0.3) is 0 Å². The Morgan fingerprint density at radius 3 is 2.16 bits per heavy atom. The lowest BCUT2D eigenvalue weighted by atomic mass is 10.0. The number of carbonyl (C=O) groups is 3. The van der Waals surface area contributed by atoms with Crippen LogP contribution in [-0.4, -0.2) is 51.2 Å². The fourth-order valence-electron chi connectivity index (χ4n) is 1.89. The molecule has 0 aliphatic heterocycles. The summed E-state index contributed by atoms with van der Waals surface area (Å²) in [4.78, 5) is 34.8. The quantitative estimate of drug-likeness (QED) is 0.583. The van der Waals surface area contributed by atoms with Crippen molar-refractivity contribution in [2.45, 2.75) is 18.6 Å². The van der Waals surface area contributed by atoms with Crippen LogP contribution in [0.3, 0.4) is 0 Å². The van der Waals surface area contributed by atoms with Gasteiger partial charge in [-0.25, -0.2) is 4.79 Å². The van der Waals surface area contributed by atoms with Crippen molar-refractivity contribution in [2.24, 2.45) is 0 Å². The second-order valence-electron chi connectivity index (χ2n) is 4.74. The van der Waals surface area contributed by atoms with Gasteiger partial charge in [0.1, 0.15) is 6.04 Å². The van der Waals surface area contributed by atoms with E-state index in [4.69, 9.17) is 9.47 Å². The molecule has 10 heteroatoms. The number of rotatable bonds is 7. The number of halogens is 3. The molecule has 0 spiro atoms. The highest BCUT2D eigenvalue weighted by molar-refractivity contribution is 6.00. The first-order chi connectivity index (χ1) is 11.6. The zero-order valence-corrected chi connectivity index (χ0v) is 13.6. The monoisotopic (exact) mass is 363 g/mol. The Bertz CT molecular complexity index is 659. The van der Waals surface area contributed by atoms with Gasteiger partial charge >= 0.3 is 18.1 Å². The molecule has 1 aromatic carbocycles.